The van der Waals surface area contributed by atoms with E-state index in [2.05, 4.69) is 15.5 Å². The molecule has 2 amide bonds. The van der Waals surface area contributed by atoms with Crippen molar-refractivity contribution in [1.29, 1.82) is 0 Å². The van der Waals surface area contributed by atoms with Crippen LogP contribution in [0.15, 0.2) is 4.52 Å². The number of hydrogen-bond donors (Lipinski definition) is 2. The number of aromatic nitrogens is 2. The maximum Gasteiger partial charge on any atom is 0.318 e. The van der Waals surface area contributed by atoms with Gasteiger partial charge in [0.1, 0.15) is 0 Å². The van der Waals surface area contributed by atoms with Crippen LogP contribution in [0, 0.1) is 12.8 Å². The molecule has 100 valence electrons. The number of aryl methyl sites for hydroxylation is 1. The lowest BCUT2D eigenvalue weighted by Crippen LogP contribution is -2.45. The first-order chi connectivity index (χ1) is 8.61. The first-order valence-corrected chi connectivity index (χ1v) is 6.06. The van der Waals surface area contributed by atoms with E-state index in [9.17, 15) is 9.90 Å². The Hall–Kier alpha value is -1.63. The number of hydrogen-bond acceptors (Lipinski definition) is 5. The maximum absolute atomic E-state index is 12.0. The smallest absolute Gasteiger partial charge is 0.318 e. The van der Waals surface area contributed by atoms with Crippen molar-refractivity contribution in [2.24, 2.45) is 5.92 Å². The Morgan fingerprint density at radius 3 is 3.06 bits per heavy atom. The van der Waals surface area contributed by atoms with E-state index in [1.807, 2.05) is 6.92 Å². The molecule has 0 bridgehead atoms. The molecule has 2 unspecified atom stereocenters. The van der Waals surface area contributed by atoms with Crippen LogP contribution in [0.3, 0.4) is 0 Å². The zero-order valence-corrected chi connectivity index (χ0v) is 10.6. The van der Waals surface area contributed by atoms with E-state index in [4.69, 9.17) is 4.52 Å². The van der Waals surface area contributed by atoms with Crippen molar-refractivity contribution in [3.05, 3.63) is 11.7 Å². The number of likely N-dealkylation sites (tertiary alicyclic amines) is 1. The van der Waals surface area contributed by atoms with Gasteiger partial charge < -0.3 is 19.8 Å². The predicted molar refractivity (Wildman–Crippen MR) is 62.6 cm³/mol. The fourth-order valence-corrected chi connectivity index (χ4v) is 2.21. The molecule has 0 aromatic carbocycles. The Balaban J connectivity index is 1.88. The number of urea groups is 1. The number of carbonyl (C=O) groups is 1. The molecule has 7 heteroatoms. The van der Waals surface area contributed by atoms with E-state index in [0.717, 1.165) is 6.42 Å². The van der Waals surface area contributed by atoms with Crippen LogP contribution in [0.4, 0.5) is 4.79 Å². The van der Waals surface area contributed by atoms with Gasteiger partial charge in [0.05, 0.1) is 19.2 Å². The number of aliphatic hydroxyl groups excluding tert-OH is 1. The predicted octanol–water partition coefficient (Wildman–Crippen LogP) is 0.290. The molecular formula is C11H18N4O3. The first kappa shape index (κ1) is 12.8. The summed E-state index contributed by atoms with van der Waals surface area (Å²) < 4.78 is 4.82. The molecule has 1 aliphatic rings. The Morgan fingerprint density at radius 2 is 2.44 bits per heavy atom. The van der Waals surface area contributed by atoms with Crippen molar-refractivity contribution in [3.8, 4) is 0 Å². The largest absolute Gasteiger partial charge is 0.394 e. The van der Waals surface area contributed by atoms with Crippen molar-refractivity contribution in [3.63, 3.8) is 0 Å². The lowest BCUT2D eigenvalue weighted by molar-refractivity contribution is 0.143. The summed E-state index contributed by atoms with van der Waals surface area (Å²) in [6, 6.07) is -0.294. The average Bonchev–Trinajstić information content (AvgIpc) is 2.92. The summed E-state index contributed by atoms with van der Waals surface area (Å²) in [6.07, 6.45) is 0.917. The van der Waals surface area contributed by atoms with Crippen molar-refractivity contribution in [1.82, 2.24) is 20.4 Å². The van der Waals surface area contributed by atoms with E-state index in [1.165, 1.54) is 0 Å². The molecule has 1 aromatic rings. The van der Waals surface area contributed by atoms with Crippen LogP contribution in [-0.4, -0.2) is 45.4 Å². The Labute approximate surface area is 105 Å². The molecule has 0 spiro atoms. The standard InChI is InChI=1S/C11H18N4O3/c1-7-3-4-15(9(7)6-16)11(17)12-5-10-13-8(2)18-14-10/h7,9,16H,3-6H2,1-2H3,(H,12,17). The summed E-state index contributed by atoms with van der Waals surface area (Å²) in [5.74, 6) is 1.25. The zero-order valence-electron chi connectivity index (χ0n) is 10.6. The number of amides is 2. The molecule has 0 radical (unpaired) electrons. The van der Waals surface area contributed by atoms with Gasteiger partial charge in [0.15, 0.2) is 5.82 Å². The van der Waals surface area contributed by atoms with E-state index in [1.54, 1.807) is 11.8 Å². The van der Waals surface area contributed by atoms with E-state index >= 15 is 0 Å². The van der Waals surface area contributed by atoms with Crippen LogP contribution in [0.25, 0.3) is 0 Å². The van der Waals surface area contributed by atoms with Gasteiger partial charge in [0.2, 0.25) is 5.89 Å². The molecule has 1 aromatic heterocycles. The van der Waals surface area contributed by atoms with E-state index < -0.39 is 0 Å². The normalized spacial score (nSPS) is 23.4. The number of nitrogens with one attached hydrogen (secondary N) is 1. The fraction of sp³-hybridized carbons (Fsp3) is 0.727. The second-order valence-corrected chi connectivity index (χ2v) is 4.60. The number of rotatable bonds is 3. The molecule has 0 aliphatic carbocycles. The lowest BCUT2D eigenvalue weighted by atomic mass is 10.0. The van der Waals surface area contributed by atoms with Crippen molar-refractivity contribution in [2.45, 2.75) is 32.9 Å². The molecule has 1 aliphatic heterocycles. The second kappa shape index (κ2) is 5.34. The third-order valence-corrected chi connectivity index (χ3v) is 3.30. The van der Waals surface area contributed by atoms with Gasteiger partial charge in [0, 0.05) is 13.5 Å². The van der Waals surface area contributed by atoms with Crippen molar-refractivity contribution >= 4 is 6.03 Å². The summed E-state index contributed by atoms with van der Waals surface area (Å²) in [7, 11) is 0. The summed E-state index contributed by atoms with van der Waals surface area (Å²) >= 11 is 0. The minimum absolute atomic E-state index is 0.00406. The monoisotopic (exact) mass is 254 g/mol. The van der Waals surface area contributed by atoms with Gasteiger partial charge in [-0.05, 0) is 12.3 Å². The molecule has 1 saturated heterocycles. The van der Waals surface area contributed by atoms with Gasteiger partial charge in [-0.2, -0.15) is 4.98 Å². The first-order valence-electron chi connectivity index (χ1n) is 6.06. The molecule has 2 atom stereocenters. The molecule has 2 heterocycles. The summed E-state index contributed by atoms with van der Waals surface area (Å²) in [5.41, 5.74) is 0. The summed E-state index contributed by atoms with van der Waals surface area (Å²) in [6.45, 7) is 4.64. The van der Waals surface area contributed by atoms with Gasteiger partial charge in [-0.15, -0.1) is 0 Å². The van der Waals surface area contributed by atoms with E-state index in [0.29, 0.717) is 24.2 Å². The van der Waals surface area contributed by atoms with Crippen LogP contribution >= 0.6 is 0 Å². The highest BCUT2D eigenvalue weighted by atomic mass is 16.5. The number of aliphatic hydroxyl groups is 1. The molecule has 18 heavy (non-hydrogen) atoms. The second-order valence-electron chi connectivity index (χ2n) is 4.60. The number of carbonyl (C=O) groups excluding carboxylic acids is 1. The highest BCUT2D eigenvalue weighted by Crippen LogP contribution is 2.23. The van der Waals surface area contributed by atoms with E-state index in [-0.39, 0.29) is 25.2 Å². The quantitative estimate of drug-likeness (QED) is 0.809. The SMILES string of the molecule is Cc1nc(CNC(=O)N2CCC(C)C2CO)no1. The lowest BCUT2D eigenvalue weighted by Gasteiger charge is -2.25. The van der Waals surface area contributed by atoms with Gasteiger partial charge in [-0.25, -0.2) is 4.79 Å². The minimum Gasteiger partial charge on any atom is -0.394 e. The van der Waals surface area contributed by atoms with Gasteiger partial charge >= 0.3 is 6.03 Å². The van der Waals surface area contributed by atoms with Crippen LogP contribution in [0.5, 0.6) is 0 Å². The molecule has 1 fully saturated rings. The Bertz CT molecular complexity index is 420. The Morgan fingerprint density at radius 1 is 1.67 bits per heavy atom. The number of nitrogens with zero attached hydrogens (tertiary/aromatic N) is 3. The Kier molecular flexibility index (Phi) is 3.81. The maximum atomic E-state index is 12.0. The van der Waals surface area contributed by atoms with Crippen LogP contribution < -0.4 is 5.32 Å². The van der Waals surface area contributed by atoms with Gasteiger partial charge in [-0.3, -0.25) is 0 Å². The molecule has 2 N–H and O–H groups in total. The third kappa shape index (κ3) is 2.61. The fourth-order valence-electron chi connectivity index (χ4n) is 2.21. The van der Waals surface area contributed by atoms with Gasteiger partial charge in [-0.1, -0.05) is 12.1 Å². The summed E-state index contributed by atoms with van der Waals surface area (Å²) in [4.78, 5) is 17.6. The highest BCUT2D eigenvalue weighted by molar-refractivity contribution is 5.74. The molecule has 7 nitrogen and oxygen atoms in total. The third-order valence-electron chi connectivity index (χ3n) is 3.30. The summed E-state index contributed by atoms with van der Waals surface area (Å²) in [5, 5.41) is 15.7. The highest BCUT2D eigenvalue weighted by Gasteiger charge is 2.33. The van der Waals surface area contributed by atoms with Crippen LogP contribution in [-0.2, 0) is 6.54 Å². The topological polar surface area (TPSA) is 91.5 Å². The van der Waals surface area contributed by atoms with Crippen LogP contribution in [0.2, 0.25) is 0 Å². The van der Waals surface area contributed by atoms with Gasteiger partial charge in [0.25, 0.3) is 0 Å². The zero-order chi connectivity index (χ0) is 13.1. The molecule has 2 rings (SSSR count). The van der Waals surface area contributed by atoms with Crippen molar-refractivity contribution < 1.29 is 14.4 Å². The molecular weight excluding hydrogens is 236 g/mol. The molecule has 0 saturated carbocycles. The van der Waals surface area contributed by atoms with Crippen LogP contribution in [0.1, 0.15) is 25.1 Å². The minimum atomic E-state index is -0.194. The average molecular weight is 254 g/mol. The van der Waals surface area contributed by atoms with Crippen molar-refractivity contribution in [2.75, 3.05) is 13.2 Å².